The van der Waals surface area contributed by atoms with E-state index < -0.39 is 0 Å². The summed E-state index contributed by atoms with van der Waals surface area (Å²) in [6.07, 6.45) is 1.88. The van der Waals surface area contributed by atoms with Crippen LogP contribution in [0.15, 0.2) is 28.7 Å². The molecule has 6 nitrogen and oxygen atoms in total. The van der Waals surface area contributed by atoms with Gasteiger partial charge in [0, 0.05) is 33.1 Å². The van der Waals surface area contributed by atoms with Gasteiger partial charge in [0.05, 0.1) is 25.0 Å². The maximum atomic E-state index is 4.40. The normalized spacial score (nSPS) is 11.5. The molecule has 0 saturated carbocycles. The average Bonchev–Trinajstić information content (AvgIpc) is 3.09. The molecule has 2 aromatic heterocycles. The van der Waals surface area contributed by atoms with Gasteiger partial charge in [0.1, 0.15) is 0 Å². The van der Waals surface area contributed by atoms with E-state index in [9.17, 15) is 0 Å². The first-order valence-electron chi connectivity index (χ1n) is 6.76. The second kappa shape index (κ2) is 7.12. The highest BCUT2D eigenvalue weighted by Gasteiger charge is 2.08. The molecule has 0 fully saturated rings. The summed E-state index contributed by atoms with van der Waals surface area (Å²) >= 11 is 1.73. The molecule has 2 rings (SSSR count). The second-order valence-corrected chi connectivity index (χ2v) is 5.89. The minimum Gasteiger partial charge on any atom is -0.352 e. The summed E-state index contributed by atoms with van der Waals surface area (Å²) in [7, 11) is 7.77. The van der Waals surface area contributed by atoms with Crippen molar-refractivity contribution in [3.05, 3.63) is 34.3 Å². The topological polar surface area (TPSA) is 57.5 Å². The van der Waals surface area contributed by atoms with Crippen LogP contribution in [-0.2, 0) is 20.1 Å². The van der Waals surface area contributed by atoms with E-state index in [2.05, 4.69) is 42.7 Å². The Balaban J connectivity index is 1.88. The lowest BCUT2D eigenvalue weighted by Gasteiger charge is -2.14. The highest BCUT2D eigenvalue weighted by molar-refractivity contribution is 7.09. The maximum absolute atomic E-state index is 4.40. The summed E-state index contributed by atoms with van der Waals surface area (Å²) in [6.45, 7) is 1.47. The number of nitrogens with zero attached hydrogens (tertiary/aromatic N) is 4. The Kier molecular flexibility index (Phi) is 5.21. The van der Waals surface area contributed by atoms with Crippen molar-refractivity contribution in [3.63, 3.8) is 0 Å². The summed E-state index contributed by atoms with van der Waals surface area (Å²) in [5.74, 6) is 1.73. The Hall–Kier alpha value is -2.02. The zero-order chi connectivity index (χ0) is 15.2. The Morgan fingerprint density at radius 2 is 2.14 bits per heavy atom. The zero-order valence-electron chi connectivity index (χ0n) is 12.9. The first-order valence-corrected chi connectivity index (χ1v) is 7.64. The molecule has 0 bridgehead atoms. The van der Waals surface area contributed by atoms with Crippen LogP contribution in [0.3, 0.4) is 0 Å². The molecule has 114 valence electrons. The smallest absolute Gasteiger partial charge is 0.204 e. The predicted molar refractivity (Wildman–Crippen MR) is 88.9 cm³/mol. The Labute approximate surface area is 129 Å². The van der Waals surface area contributed by atoms with Gasteiger partial charge in [-0.25, -0.2) is 4.98 Å². The van der Waals surface area contributed by atoms with Crippen molar-refractivity contribution >= 4 is 23.2 Å². The molecule has 0 atom stereocenters. The van der Waals surface area contributed by atoms with E-state index in [1.54, 1.807) is 18.4 Å². The number of anilines is 1. The molecular formula is C14H22N6S. The number of imidazole rings is 1. The monoisotopic (exact) mass is 306 g/mol. The Morgan fingerprint density at radius 3 is 2.71 bits per heavy atom. The van der Waals surface area contributed by atoms with E-state index in [4.69, 9.17) is 0 Å². The lowest BCUT2D eigenvalue weighted by Crippen LogP contribution is -2.36. The molecule has 2 N–H and O–H groups in total. The van der Waals surface area contributed by atoms with E-state index in [0.717, 1.165) is 24.1 Å². The number of hydrogen-bond acceptors (Lipinski definition) is 4. The molecule has 0 aromatic carbocycles. The fraction of sp³-hybridized carbons (Fsp3) is 0.429. The van der Waals surface area contributed by atoms with Crippen LogP contribution in [0.5, 0.6) is 0 Å². The van der Waals surface area contributed by atoms with Crippen LogP contribution in [0.4, 0.5) is 5.95 Å². The summed E-state index contributed by atoms with van der Waals surface area (Å²) in [4.78, 5) is 11.9. The minimum absolute atomic E-state index is 0.682. The van der Waals surface area contributed by atoms with Gasteiger partial charge in [-0.3, -0.25) is 4.99 Å². The fourth-order valence-electron chi connectivity index (χ4n) is 1.99. The van der Waals surface area contributed by atoms with Crippen LogP contribution in [0.2, 0.25) is 0 Å². The third-order valence-electron chi connectivity index (χ3n) is 3.13. The number of guanidine groups is 1. The SMILES string of the molecule is CN=C(NCc1cccs1)NCc1cnc(N(C)C)n1C. The summed E-state index contributed by atoms with van der Waals surface area (Å²) < 4.78 is 2.07. The van der Waals surface area contributed by atoms with Crippen LogP contribution in [0.1, 0.15) is 10.6 Å². The van der Waals surface area contributed by atoms with Gasteiger partial charge < -0.3 is 20.1 Å². The largest absolute Gasteiger partial charge is 0.352 e. The van der Waals surface area contributed by atoms with E-state index >= 15 is 0 Å². The molecular weight excluding hydrogens is 284 g/mol. The highest BCUT2D eigenvalue weighted by atomic mass is 32.1. The molecule has 21 heavy (non-hydrogen) atoms. The van der Waals surface area contributed by atoms with E-state index in [1.807, 2.05) is 32.2 Å². The first-order chi connectivity index (χ1) is 10.1. The number of rotatable bonds is 5. The number of nitrogens with one attached hydrogen (secondary N) is 2. The molecule has 0 spiro atoms. The number of aromatic nitrogens is 2. The molecule has 0 radical (unpaired) electrons. The highest BCUT2D eigenvalue weighted by Crippen LogP contribution is 2.10. The van der Waals surface area contributed by atoms with Crippen molar-refractivity contribution in [1.82, 2.24) is 20.2 Å². The molecule has 2 aromatic rings. The van der Waals surface area contributed by atoms with Crippen LogP contribution in [0, 0.1) is 0 Å². The summed E-state index contributed by atoms with van der Waals surface area (Å²) in [6, 6.07) is 4.16. The van der Waals surface area contributed by atoms with Gasteiger partial charge in [-0.1, -0.05) is 6.07 Å². The van der Waals surface area contributed by atoms with Crippen molar-refractivity contribution in [3.8, 4) is 0 Å². The molecule has 0 saturated heterocycles. The average molecular weight is 306 g/mol. The van der Waals surface area contributed by atoms with Gasteiger partial charge in [-0.2, -0.15) is 0 Å². The summed E-state index contributed by atoms with van der Waals surface area (Å²) in [5.41, 5.74) is 1.11. The van der Waals surface area contributed by atoms with Gasteiger partial charge in [-0.05, 0) is 11.4 Å². The van der Waals surface area contributed by atoms with E-state index in [1.165, 1.54) is 4.88 Å². The minimum atomic E-state index is 0.682. The molecule has 0 aliphatic rings. The molecule has 2 heterocycles. The van der Waals surface area contributed by atoms with Crippen LogP contribution in [0.25, 0.3) is 0 Å². The second-order valence-electron chi connectivity index (χ2n) is 4.86. The van der Waals surface area contributed by atoms with Gasteiger partial charge in [-0.15, -0.1) is 11.3 Å². The van der Waals surface area contributed by atoms with Crippen molar-refractivity contribution in [1.29, 1.82) is 0 Å². The molecule has 0 aliphatic carbocycles. The summed E-state index contributed by atoms with van der Waals surface area (Å²) in [5, 5.41) is 8.68. The molecule has 0 aliphatic heterocycles. The van der Waals surface area contributed by atoms with E-state index in [0.29, 0.717) is 6.54 Å². The molecule has 0 amide bonds. The van der Waals surface area contributed by atoms with Crippen LogP contribution < -0.4 is 15.5 Å². The first kappa shape index (κ1) is 15.4. The predicted octanol–water partition coefficient (Wildman–Crippen LogP) is 1.41. The van der Waals surface area contributed by atoms with Crippen LogP contribution in [-0.4, -0.2) is 36.7 Å². The van der Waals surface area contributed by atoms with Gasteiger partial charge >= 0.3 is 0 Å². The maximum Gasteiger partial charge on any atom is 0.204 e. The van der Waals surface area contributed by atoms with Crippen molar-refractivity contribution in [2.45, 2.75) is 13.1 Å². The molecule has 7 heteroatoms. The van der Waals surface area contributed by atoms with Gasteiger partial charge in [0.25, 0.3) is 0 Å². The standard InChI is InChI=1S/C14H22N6S/c1-15-13(17-10-12-6-5-7-21-12)16-8-11-9-18-14(19(2)3)20(11)4/h5-7,9H,8,10H2,1-4H3,(H2,15,16,17). The lowest BCUT2D eigenvalue weighted by molar-refractivity contribution is 0.745. The van der Waals surface area contributed by atoms with Crippen molar-refractivity contribution in [2.24, 2.45) is 12.0 Å². The van der Waals surface area contributed by atoms with Gasteiger partial charge in [0.2, 0.25) is 5.95 Å². The van der Waals surface area contributed by atoms with Crippen molar-refractivity contribution < 1.29 is 0 Å². The van der Waals surface area contributed by atoms with Gasteiger partial charge in [0.15, 0.2) is 5.96 Å². The Bertz CT molecular complexity index is 585. The number of hydrogen-bond donors (Lipinski definition) is 2. The van der Waals surface area contributed by atoms with Crippen LogP contribution >= 0.6 is 11.3 Å². The fourth-order valence-corrected chi connectivity index (χ4v) is 2.64. The number of thiophene rings is 1. The third-order valence-corrected chi connectivity index (χ3v) is 4.01. The molecule has 0 unspecified atom stereocenters. The number of aliphatic imine (C=N–C) groups is 1. The lowest BCUT2D eigenvalue weighted by atomic mass is 10.4. The zero-order valence-corrected chi connectivity index (χ0v) is 13.7. The third kappa shape index (κ3) is 3.98. The quantitative estimate of drug-likeness (QED) is 0.648. The van der Waals surface area contributed by atoms with Crippen molar-refractivity contribution in [2.75, 3.05) is 26.0 Å². The van der Waals surface area contributed by atoms with E-state index in [-0.39, 0.29) is 0 Å². The Morgan fingerprint density at radius 1 is 1.38 bits per heavy atom.